The number of rotatable bonds is 2. The molecule has 0 radical (unpaired) electrons. The summed E-state index contributed by atoms with van der Waals surface area (Å²) in [7, 11) is 2.04. The topological polar surface area (TPSA) is 54.3 Å². The summed E-state index contributed by atoms with van der Waals surface area (Å²) >= 11 is 11.2. The Kier molecular flexibility index (Phi) is 4.84. The molecule has 1 aliphatic rings. The van der Waals surface area contributed by atoms with Gasteiger partial charge in [-0.25, -0.2) is 0 Å². The number of amides is 2. The molecule has 1 saturated heterocycles. The molecule has 2 heterocycles. The van der Waals surface area contributed by atoms with Crippen molar-refractivity contribution in [2.75, 3.05) is 4.90 Å². The van der Waals surface area contributed by atoms with Gasteiger partial charge >= 0.3 is 0 Å². The maximum absolute atomic E-state index is 13.3. The third-order valence-corrected chi connectivity index (χ3v) is 6.25. The van der Waals surface area contributed by atoms with Crippen LogP contribution in [0.2, 0.25) is 5.02 Å². The van der Waals surface area contributed by atoms with E-state index in [-0.39, 0.29) is 10.7 Å². The summed E-state index contributed by atoms with van der Waals surface area (Å²) in [5.74, 6) is -0.988. The molecule has 4 aromatic rings. The van der Waals surface area contributed by atoms with Gasteiger partial charge in [-0.3, -0.25) is 19.8 Å². The zero-order chi connectivity index (χ0) is 22.6. The van der Waals surface area contributed by atoms with E-state index in [2.05, 4.69) is 22.0 Å². The van der Waals surface area contributed by atoms with Crippen LogP contribution in [-0.4, -0.2) is 21.5 Å². The first-order valence-corrected chi connectivity index (χ1v) is 10.8. The van der Waals surface area contributed by atoms with Crippen molar-refractivity contribution in [1.82, 2.24) is 9.88 Å². The molecule has 5 nitrogen and oxygen atoms in total. The van der Waals surface area contributed by atoms with Crippen molar-refractivity contribution < 1.29 is 9.59 Å². The molecular weight excluding hydrogens is 442 g/mol. The molecule has 0 saturated carbocycles. The van der Waals surface area contributed by atoms with Gasteiger partial charge in [0.2, 0.25) is 0 Å². The van der Waals surface area contributed by atoms with E-state index in [9.17, 15) is 9.59 Å². The molecule has 5 rings (SSSR count). The predicted molar refractivity (Wildman–Crippen MR) is 133 cm³/mol. The Hall–Kier alpha value is -3.48. The lowest BCUT2D eigenvalue weighted by molar-refractivity contribution is -0.122. The summed E-state index contributed by atoms with van der Waals surface area (Å²) < 4.78 is 2.16. The SMILES string of the molecule is Cc1cc(C=C2C(=O)NC(=S)N(c3ccc(Cl)cc3)C2=O)cc2c3ccccc3n(C)c12. The minimum Gasteiger partial charge on any atom is -0.343 e. The number of nitrogens with one attached hydrogen (secondary N) is 1. The quantitative estimate of drug-likeness (QED) is 0.257. The second kappa shape index (κ2) is 7.58. The van der Waals surface area contributed by atoms with Crippen molar-refractivity contribution in [1.29, 1.82) is 0 Å². The lowest BCUT2D eigenvalue weighted by Gasteiger charge is -2.29. The Morgan fingerprint density at radius 2 is 1.72 bits per heavy atom. The standard InChI is InChI=1S/C25H18ClN3O2S/c1-14-11-15(12-19-18-5-3-4-6-21(18)28(2)22(14)19)13-20-23(30)27-25(32)29(24(20)31)17-9-7-16(26)8-10-17/h3-13H,1-2H3,(H,27,30,32). The number of thiocarbonyl (C=S) groups is 1. The van der Waals surface area contributed by atoms with E-state index in [4.69, 9.17) is 23.8 Å². The normalized spacial score (nSPS) is 15.8. The third-order valence-electron chi connectivity index (χ3n) is 5.71. The molecule has 0 unspecified atom stereocenters. The van der Waals surface area contributed by atoms with Crippen molar-refractivity contribution in [3.63, 3.8) is 0 Å². The van der Waals surface area contributed by atoms with Crippen LogP contribution in [0.25, 0.3) is 27.9 Å². The minimum absolute atomic E-state index is 0.0209. The van der Waals surface area contributed by atoms with E-state index in [0.717, 1.165) is 32.9 Å². The predicted octanol–water partition coefficient (Wildman–Crippen LogP) is 5.12. The molecule has 0 spiro atoms. The maximum atomic E-state index is 13.3. The maximum Gasteiger partial charge on any atom is 0.270 e. The second-order valence-electron chi connectivity index (χ2n) is 7.74. The van der Waals surface area contributed by atoms with Crippen molar-refractivity contribution >= 4 is 74.3 Å². The average Bonchev–Trinajstić information content (AvgIpc) is 3.05. The lowest BCUT2D eigenvalue weighted by atomic mass is 10.0. The molecular formula is C25H18ClN3O2S. The summed E-state index contributed by atoms with van der Waals surface area (Å²) in [6.45, 7) is 2.03. The third kappa shape index (κ3) is 3.20. The number of halogens is 1. The van der Waals surface area contributed by atoms with E-state index in [1.54, 1.807) is 30.3 Å². The van der Waals surface area contributed by atoms with E-state index >= 15 is 0 Å². The summed E-state index contributed by atoms with van der Waals surface area (Å²) in [6, 6.07) is 18.9. The number of nitrogens with zero attached hydrogens (tertiary/aromatic N) is 2. The molecule has 32 heavy (non-hydrogen) atoms. The fourth-order valence-electron chi connectivity index (χ4n) is 4.30. The Morgan fingerprint density at radius 1 is 1.00 bits per heavy atom. The van der Waals surface area contributed by atoms with E-state index in [1.165, 1.54) is 4.90 Å². The molecule has 1 aliphatic heterocycles. The molecule has 0 aliphatic carbocycles. The number of fused-ring (bicyclic) bond motifs is 3. The molecule has 2 amide bonds. The number of aromatic nitrogens is 1. The summed E-state index contributed by atoms with van der Waals surface area (Å²) in [5.41, 5.74) is 4.64. The number of carbonyl (C=O) groups excluding carboxylic acids is 2. The fraction of sp³-hybridized carbons (Fsp3) is 0.0800. The van der Waals surface area contributed by atoms with Gasteiger partial charge in [0.25, 0.3) is 11.8 Å². The van der Waals surface area contributed by atoms with Crippen LogP contribution < -0.4 is 10.2 Å². The van der Waals surface area contributed by atoms with Gasteiger partial charge in [-0.05, 0) is 78.8 Å². The first kappa shape index (κ1) is 20.4. The summed E-state index contributed by atoms with van der Waals surface area (Å²) in [5, 5.41) is 5.40. The second-order valence-corrected chi connectivity index (χ2v) is 8.57. The van der Waals surface area contributed by atoms with Crippen molar-refractivity contribution in [3.8, 4) is 0 Å². The number of benzene rings is 3. The van der Waals surface area contributed by atoms with Gasteiger partial charge in [0.05, 0.1) is 11.2 Å². The van der Waals surface area contributed by atoms with Crippen LogP contribution in [0.3, 0.4) is 0 Å². The number of aryl methyl sites for hydroxylation is 2. The molecule has 7 heteroatoms. The highest BCUT2D eigenvalue weighted by atomic mass is 35.5. The monoisotopic (exact) mass is 459 g/mol. The Bertz CT molecular complexity index is 1480. The van der Waals surface area contributed by atoms with E-state index in [1.807, 2.05) is 38.2 Å². The van der Waals surface area contributed by atoms with Gasteiger partial charge in [0.15, 0.2) is 5.11 Å². The van der Waals surface area contributed by atoms with Crippen LogP contribution in [0.4, 0.5) is 5.69 Å². The number of carbonyl (C=O) groups is 2. The van der Waals surface area contributed by atoms with Crippen molar-refractivity contribution in [2.45, 2.75) is 6.92 Å². The smallest absolute Gasteiger partial charge is 0.270 e. The van der Waals surface area contributed by atoms with E-state index < -0.39 is 11.8 Å². The average molecular weight is 460 g/mol. The van der Waals surface area contributed by atoms with Crippen molar-refractivity contribution in [2.24, 2.45) is 7.05 Å². The molecule has 1 aromatic heterocycles. The molecule has 0 bridgehead atoms. The highest BCUT2D eigenvalue weighted by molar-refractivity contribution is 7.80. The number of para-hydroxylation sites is 1. The number of hydrogen-bond donors (Lipinski definition) is 1. The lowest BCUT2D eigenvalue weighted by Crippen LogP contribution is -2.54. The van der Waals surface area contributed by atoms with Crippen LogP contribution in [-0.2, 0) is 16.6 Å². The Balaban J connectivity index is 1.64. The Labute approximate surface area is 194 Å². The van der Waals surface area contributed by atoms with Gasteiger partial charge < -0.3 is 4.57 Å². The largest absolute Gasteiger partial charge is 0.343 e. The molecule has 158 valence electrons. The number of hydrogen-bond acceptors (Lipinski definition) is 3. The zero-order valence-electron chi connectivity index (χ0n) is 17.3. The minimum atomic E-state index is -0.513. The first-order chi connectivity index (χ1) is 15.3. The van der Waals surface area contributed by atoms with Crippen LogP contribution in [0.5, 0.6) is 0 Å². The van der Waals surface area contributed by atoms with Crippen molar-refractivity contribution in [3.05, 3.63) is 82.4 Å². The van der Waals surface area contributed by atoms with Gasteiger partial charge in [0, 0.05) is 28.4 Å². The molecule has 1 fully saturated rings. The highest BCUT2D eigenvalue weighted by Crippen LogP contribution is 2.32. The van der Waals surface area contributed by atoms with Gasteiger partial charge in [0.1, 0.15) is 5.57 Å². The van der Waals surface area contributed by atoms with Crippen LogP contribution in [0.15, 0.2) is 66.2 Å². The van der Waals surface area contributed by atoms with E-state index in [0.29, 0.717) is 10.7 Å². The summed E-state index contributed by atoms with van der Waals surface area (Å²) in [6.07, 6.45) is 1.62. The van der Waals surface area contributed by atoms with Crippen LogP contribution >= 0.6 is 23.8 Å². The van der Waals surface area contributed by atoms with Gasteiger partial charge in [-0.15, -0.1) is 0 Å². The number of anilines is 1. The molecule has 0 atom stereocenters. The van der Waals surface area contributed by atoms with Crippen LogP contribution in [0.1, 0.15) is 11.1 Å². The molecule has 3 aromatic carbocycles. The fourth-order valence-corrected chi connectivity index (χ4v) is 4.71. The Morgan fingerprint density at radius 3 is 2.47 bits per heavy atom. The van der Waals surface area contributed by atoms with Crippen LogP contribution in [0, 0.1) is 6.92 Å². The van der Waals surface area contributed by atoms with Gasteiger partial charge in [-0.2, -0.15) is 0 Å². The molecule has 1 N–H and O–H groups in total. The highest BCUT2D eigenvalue weighted by Gasteiger charge is 2.34. The zero-order valence-corrected chi connectivity index (χ0v) is 18.9. The summed E-state index contributed by atoms with van der Waals surface area (Å²) in [4.78, 5) is 27.3. The van der Waals surface area contributed by atoms with Gasteiger partial charge in [-0.1, -0.05) is 29.8 Å². The first-order valence-electron chi connectivity index (χ1n) is 10.00.